The minimum atomic E-state index is -0.488. The molecule has 29 heavy (non-hydrogen) atoms. The Bertz CT molecular complexity index is 1140. The Labute approximate surface area is 172 Å². The molecule has 0 spiro atoms. The predicted octanol–water partition coefficient (Wildman–Crippen LogP) is 6.62. The summed E-state index contributed by atoms with van der Waals surface area (Å²) in [5.41, 5.74) is 3.05. The van der Waals surface area contributed by atoms with E-state index in [1.54, 1.807) is 0 Å². The Balaban J connectivity index is 1.51. The number of nitrogens with one attached hydrogen (secondary N) is 1. The molecule has 0 aliphatic rings. The van der Waals surface area contributed by atoms with E-state index in [0.29, 0.717) is 10.8 Å². The highest BCUT2D eigenvalue weighted by atomic mass is 35.5. The van der Waals surface area contributed by atoms with E-state index in [9.17, 15) is 8.78 Å². The van der Waals surface area contributed by atoms with Crippen LogP contribution in [0.4, 0.5) is 8.78 Å². The number of H-pyrrole nitrogens is 1. The van der Waals surface area contributed by atoms with Gasteiger partial charge in [-0.3, -0.25) is 0 Å². The molecule has 0 saturated carbocycles. The molecular weight excluding hydrogens is 394 g/mol. The van der Waals surface area contributed by atoms with Gasteiger partial charge < -0.3 is 9.72 Å². The molecule has 0 saturated heterocycles. The van der Waals surface area contributed by atoms with Gasteiger partial charge in [-0.1, -0.05) is 30.7 Å². The third-order valence-corrected chi connectivity index (χ3v) is 5.12. The summed E-state index contributed by atoms with van der Waals surface area (Å²) in [6, 6.07) is 16.5. The summed E-state index contributed by atoms with van der Waals surface area (Å²) in [7, 11) is 0. The summed E-state index contributed by atoms with van der Waals surface area (Å²) in [4.78, 5) is 8.05. The summed E-state index contributed by atoms with van der Waals surface area (Å²) in [6.07, 6.45) is 0.863. The topological polar surface area (TPSA) is 37.9 Å². The molecule has 0 amide bonds. The van der Waals surface area contributed by atoms with Crippen LogP contribution in [0.1, 0.15) is 36.2 Å². The number of ether oxygens (including phenoxy) is 1. The molecule has 3 nitrogen and oxygen atoms in total. The largest absolute Gasteiger partial charge is 0.489 e. The van der Waals surface area contributed by atoms with Gasteiger partial charge in [-0.05, 0) is 60.5 Å². The van der Waals surface area contributed by atoms with Crippen LogP contribution in [0.25, 0.3) is 11.0 Å². The van der Waals surface area contributed by atoms with Crippen LogP contribution in [0.3, 0.4) is 0 Å². The van der Waals surface area contributed by atoms with Crippen LogP contribution >= 0.6 is 11.6 Å². The summed E-state index contributed by atoms with van der Waals surface area (Å²) >= 11 is 6.06. The Morgan fingerprint density at radius 1 is 1.03 bits per heavy atom. The molecule has 1 N–H and O–H groups in total. The van der Waals surface area contributed by atoms with Gasteiger partial charge in [-0.15, -0.1) is 0 Å². The van der Waals surface area contributed by atoms with Crippen LogP contribution in [0.2, 0.25) is 5.02 Å². The van der Waals surface area contributed by atoms with Crippen molar-refractivity contribution in [3.05, 3.63) is 94.3 Å². The quantitative estimate of drug-likeness (QED) is 0.386. The molecule has 4 aromatic rings. The zero-order valence-electron chi connectivity index (χ0n) is 15.8. The fourth-order valence-electron chi connectivity index (χ4n) is 3.36. The van der Waals surface area contributed by atoms with Crippen molar-refractivity contribution in [3.8, 4) is 5.75 Å². The van der Waals surface area contributed by atoms with E-state index in [0.717, 1.165) is 47.0 Å². The molecule has 1 unspecified atom stereocenters. The van der Waals surface area contributed by atoms with E-state index in [4.69, 9.17) is 21.3 Å². The lowest BCUT2D eigenvalue weighted by Gasteiger charge is -2.14. The van der Waals surface area contributed by atoms with Crippen molar-refractivity contribution in [2.24, 2.45) is 0 Å². The highest BCUT2D eigenvalue weighted by Crippen LogP contribution is 2.29. The van der Waals surface area contributed by atoms with Crippen molar-refractivity contribution in [1.82, 2.24) is 9.97 Å². The molecule has 0 radical (unpaired) electrons. The number of aromatic amines is 1. The second-order valence-electron chi connectivity index (χ2n) is 6.84. The van der Waals surface area contributed by atoms with E-state index in [1.807, 2.05) is 42.5 Å². The van der Waals surface area contributed by atoms with Crippen molar-refractivity contribution < 1.29 is 13.5 Å². The first-order chi connectivity index (χ1) is 14.0. The van der Waals surface area contributed by atoms with Crippen LogP contribution in [-0.2, 0) is 6.61 Å². The summed E-state index contributed by atoms with van der Waals surface area (Å²) in [6.45, 7) is 2.06. The molecule has 148 valence electrons. The van der Waals surface area contributed by atoms with Gasteiger partial charge in [-0.2, -0.15) is 0 Å². The summed E-state index contributed by atoms with van der Waals surface area (Å²) in [5, 5.41) is 0.664. The fraction of sp³-hybridized carbons (Fsp3) is 0.174. The second-order valence-corrected chi connectivity index (χ2v) is 7.27. The number of hydrogen-bond acceptors (Lipinski definition) is 2. The Kier molecular flexibility index (Phi) is 5.49. The van der Waals surface area contributed by atoms with Gasteiger partial charge in [0.15, 0.2) is 0 Å². The summed E-state index contributed by atoms with van der Waals surface area (Å²) in [5.74, 6) is 0.581. The first-order valence-corrected chi connectivity index (χ1v) is 9.73. The molecule has 0 bridgehead atoms. The fourth-order valence-corrected chi connectivity index (χ4v) is 3.54. The van der Waals surface area contributed by atoms with E-state index in [1.165, 1.54) is 0 Å². The normalized spacial score (nSPS) is 12.3. The van der Waals surface area contributed by atoms with Crippen LogP contribution in [-0.4, -0.2) is 9.97 Å². The second kappa shape index (κ2) is 8.21. The molecule has 1 atom stereocenters. The predicted molar refractivity (Wildman–Crippen MR) is 110 cm³/mol. The molecule has 0 fully saturated rings. The zero-order chi connectivity index (χ0) is 20.4. The van der Waals surface area contributed by atoms with E-state index >= 15 is 0 Å². The van der Waals surface area contributed by atoms with E-state index < -0.39 is 11.6 Å². The van der Waals surface area contributed by atoms with Crippen LogP contribution in [0.15, 0.2) is 60.7 Å². The van der Waals surface area contributed by atoms with Crippen molar-refractivity contribution in [2.45, 2.75) is 25.9 Å². The molecule has 3 aromatic carbocycles. The van der Waals surface area contributed by atoms with Crippen molar-refractivity contribution in [1.29, 1.82) is 0 Å². The molecule has 6 heteroatoms. The van der Waals surface area contributed by atoms with Crippen molar-refractivity contribution >= 4 is 22.6 Å². The molecule has 4 rings (SSSR count). The molecule has 1 heterocycles. The van der Waals surface area contributed by atoms with Crippen molar-refractivity contribution in [2.75, 3.05) is 0 Å². The maximum atomic E-state index is 13.7. The lowest BCUT2D eigenvalue weighted by molar-refractivity contribution is 0.299. The van der Waals surface area contributed by atoms with E-state index in [2.05, 4.69) is 11.9 Å². The maximum Gasteiger partial charge on any atom is 0.130 e. The SMILES string of the molecule is CCC(c1ccc(OCc2cc(F)ccc2F)cc1)c1nc2ccc(Cl)cc2[nH]1. The van der Waals surface area contributed by atoms with Crippen LogP contribution in [0.5, 0.6) is 5.75 Å². The number of hydrogen-bond donors (Lipinski definition) is 1. The highest BCUT2D eigenvalue weighted by Gasteiger charge is 2.17. The van der Waals surface area contributed by atoms with Gasteiger partial charge in [0.05, 0.1) is 11.0 Å². The number of fused-ring (bicyclic) bond motifs is 1. The Morgan fingerprint density at radius 3 is 2.59 bits per heavy atom. The standard InChI is InChI=1S/C23H19ClF2N2O/c1-2-19(23-27-21-10-5-16(24)12-22(21)28-23)14-3-7-18(8-4-14)29-13-15-11-17(25)6-9-20(15)26/h3-12,19H,2,13H2,1H3,(H,27,28). The first-order valence-electron chi connectivity index (χ1n) is 9.35. The minimum absolute atomic E-state index is 0.0372. The van der Waals surface area contributed by atoms with Gasteiger partial charge in [-0.25, -0.2) is 13.8 Å². The Hall–Kier alpha value is -2.92. The number of rotatable bonds is 6. The number of aromatic nitrogens is 2. The van der Waals surface area contributed by atoms with E-state index in [-0.39, 0.29) is 18.1 Å². The Morgan fingerprint density at radius 2 is 1.83 bits per heavy atom. The average molecular weight is 413 g/mol. The van der Waals surface area contributed by atoms with Crippen LogP contribution in [0, 0.1) is 11.6 Å². The smallest absolute Gasteiger partial charge is 0.130 e. The highest BCUT2D eigenvalue weighted by molar-refractivity contribution is 6.31. The maximum absolute atomic E-state index is 13.7. The number of imidazole rings is 1. The van der Waals surface area contributed by atoms with Gasteiger partial charge in [0.25, 0.3) is 0 Å². The number of benzene rings is 3. The number of nitrogens with zero attached hydrogens (tertiary/aromatic N) is 1. The molecule has 0 aliphatic heterocycles. The third-order valence-electron chi connectivity index (χ3n) is 4.89. The van der Waals surface area contributed by atoms with Gasteiger partial charge >= 0.3 is 0 Å². The molecule has 1 aromatic heterocycles. The monoisotopic (exact) mass is 412 g/mol. The zero-order valence-corrected chi connectivity index (χ0v) is 16.5. The van der Waals surface area contributed by atoms with Crippen molar-refractivity contribution in [3.63, 3.8) is 0 Å². The average Bonchev–Trinajstić information content (AvgIpc) is 3.13. The third kappa shape index (κ3) is 4.25. The van der Waals surface area contributed by atoms with Gasteiger partial charge in [0.2, 0.25) is 0 Å². The summed E-state index contributed by atoms with van der Waals surface area (Å²) < 4.78 is 32.6. The van der Waals surface area contributed by atoms with Gasteiger partial charge in [0.1, 0.15) is 29.8 Å². The first kappa shape index (κ1) is 19.4. The minimum Gasteiger partial charge on any atom is -0.489 e. The van der Waals surface area contributed by atoms with Gasteiger partial charge in [0, 0.05) is 16.5 Å². The lowest BCUT2D eigenvalue weighted by Crippen LogP contribution is -2.03. The van der Waals surface area contributed by atoms with Crippen LogP contribution < -0.4 is 4.74 Å². The number of halogens is 3. The lowest BCUT2D eigenvalue weighted by atomic mass is 9.96. The molecule has 0 aliphatic carbocycles. The molecular formula is C23H19ClF2N2O.